The van der Waals surface area contributed by atoms with Gasteiger partial charge in [0.2, 0.25) is 5.95 Å². The molecule has 1 saturated heterocycles. The first-order chi connectivity index (χ1) is 10.4. The van der Waals surface area contributed by atoms with Gasteiger partial charge in [-0.1, -0.05) is 36.1 Å². The van der Waals surface area contributed by atoms with Crippen molar-refractivity contribution in [1.82, 2.24) is 20.2 Å². The van der Waals surface area contributed by atoms with Gasteiger partial charge in [0.25, 0.3) is 0 Å². The summed E-state index contributed by atoms with van der Waals surface area (Å²) >= 11 is 0. The fraction of sp³-hybridized carbons (Fsp3) is 0.562. The fourth-order valence-electron chi connectivity index (χ4n) is 3.92. The molecule has 0 radical (unpaired) electrons. The van der Waals surface area contributed by atoms with E-state index >= 15 is 0 Å². The molecule has 1 spiro atoms. The second-order valence-corrected chi connectivity index (χ2v) is 6.42. The molecule has 0 unspecified atom stereocenters. The highest BCUT2D eigenvalue weighted by molar-refractivity contribution is 5.40. The van der Waals surface area contributed by atoms with Crippen molar-refractivity contribution >= 4 is 5.95 Å². The molecule has 5 heteroatoms. The molecule has 5 nitrogen and oxygen atoms in total. The Kier molecular flexibility index (Phi) is 3.13. The summed E-state index contributed by atoms with van der Waals surface area (Å²) in [6, 6.07) is 10.1. The van der Waals surface area contributed by atoms with Gasteiger partial charge in [0.15, 0.2) is 0 Å². The molecular weight excluding hydrogens is 262 g/mol. The van der Waals surface area contributed by atoms with Crippen molar-refractivity contribution in [3.8, 4) is 5.69 Å². The van der Waals surface area contributed by atoms with E-state index in [1.165, 1.54) is 38.5 Å². The van der Waals surface area contributed by atoms with Gasteiger partial charge in [0, 0.05) is 13.1 Å². The maximum Gasteiger partial charge on any atom is 0.250 e. The highest BCUT2D eigenvalue weighted by Crippen LogP contribution is 2.46. The van der Waals surface area contributed by atoms with E-state index in [2.05, 4.69) is 20.4 Å². The lowest BCUT2D eigenvalue weighted by Crippen LogP contribution is -2.40. The predicted molar refractivity (Wildman–Crippen MR) is 81.5 cm³/mol. The zero-order valence-corrected chi connectivity index (χ0v) is 12.3. The summed E-state index contributed by atoms with van der Waals surface area (Å²) in [6.45, 7) is 2.15. The monoisotopic (exact) mass is 283 g/mol. The molecule has 1 aliphatic carbocycles. The largest absolute Gasteiger partial charge is 0.339 e. The Morgan fingerprint density at radius 1 is 0.905 bits per heavy atom. The first-order valence-corrected chi connectivity index (χ1v) is 7.95. The maximum atomic E-state index is 4.26. The number of rotatable bonds is 2. The van der Waals surface area contributed by atoms with E-state index in [0.29, 0.717) is 5.41 Å². The molecule has 0 bridgehead atoms. The Balaban J connectivity index is 1.55. The van der Waals surface area contributed by atoms with Crippen LogP contribution in [0.25, 0.3) is 5.69 Å². The van der Waals surface area contributed by atoms with Crippen molar-refractivity contribution in [1.29, 1.82) is 0 Å². The summed E-state index contributed by atoms with van der Waals surface area (Å²) in [5.74, 6) is 0.883. The third kappa shape index (κ3) is 2.30. The lowest BCUT2D eigenvalue weighted by molar-refractivity contribution is 0.225. The Labute approximate surface area is 125 Å². The van der Waals surface area contributed by atoms with Crippen LogP contribution in [0.15, 0.2) is 30.3 Å². The van der Waals surface area contributed by atoms with Crippen LogP contribution in [0.3, 0.4) is 0 Å². The lowest BCUT2D eigenvalue weighted by atomic mass is 9.77. The van der Waals surface area contributed by atoms with Crippen LogP contribution in [0.2, 0.25) is 0 Å². The topological polar surface area (TPSA) is 46.8 Å². The van der Waals surface area contributed by atoms with Crippen LogP contribution in [-0.4, -0.2) is 33.3 Å². The molecule has 110 valence electrons. The van der Waals surface area contributed by atoms with Gasteiger partial charge < -0.3 is 4.90 Å². The second kappa shape index (κ2) is 5.13. The molecule has 1 aliphatic heterocycles. The summed E-state index contributed by atoms with van der Waals surface area (Å²) in [5.41, 5.74) is 1.65. The lowest BCUT2D eigenvalue weighted by Gasteiger charge is -2.39. The maximum absolute atomic E-state index is 4.26. The number of piperidine rings is 1. The summed E-state index contributed by atoms with van der Waals surface area (Å²) < 4.78 is 1.85. The van der Waals surface area contributed by atoms with E-state index in [1.54, 1.807) is 0 Å². The van der Waals surface area contributed by atoms with E-state index in [9.17, 15) is 0 Å². The Hall–Kier alpha value is -1.91. The van der Waals surface area contributed by atoms with Crippen molar-refractivity contribution in [2.45, 2.75) is 38.5 Å². The molecular formula is C16H21N5. The van der Waals surface area contributed by atoms with Gasteiger partial charge >= 0.3 is 0 Å². The molecule has 0 amide bonds. The van der Waals surface area contributed by atoms with Gasteiger partial charge in [-0.05, 0) is 53.7 Å². The smallest absolute Gasteiger partial charge is 0.250 e. The number of benzene rings is 1. The van der Waals surface area contributed by atoms with E-state index in [4.69, 9.17) is 0 Å². The Morgan fingerprint density at radius 2 is 1.62 bits per heavy atom. The molecule has 1 aromatic carbocycles. The summed E-state index contributed by atoms with van der Waals surface area (Å²) in [6.07, 6.45) is 8.25. The average molecular weight is 283 g/mol. The SMILES string of the molecule is c1ccc(-n2nnnc2N2CCC3(CCCC3)CC2)cc1. The van der Waals surface area contributed by atoms with Crippen LogP contribution in [0.5, 0.6) is 0 Å². The third-order valence-electron chi connectivity index (χ3n) is 5.22. The first kappa shape index (κ1) is 12.8. The van der Waals surface area contributed by atoms with Gasteiger partial charge in [-0.2, -0.15) is 4.68 Å². The third-order valence-corrected chi connectivity index (χ3v) is 5.22. The molecule has 2 aliphatic rings. The first-order valence-electron chi connectivity index (χ1n) is 7.95. The van der Waals surface area contributed by atoms with Gasteiger partial charge in [0.05, 0.1) is 5.69 Å². The molecule has 1 aromatic heterocycles. The highest BCUT2D eigenvalue weighted by Gasteiger charge is 2.37. The molecule has 2 fully saturated rings. The molecule has 1 saturated carbocycles. The minimum absolute atomic E-state index is 0.627. The van der Waals surface area contributed by atoms with Crippen molar-refractivity contribution in [3.05, 3.63) is 30.3 Å². The molecule has 21 heavy (non-hydrogen) atoms. The van der Waals surface area contributed by atoms with E-state index in [0.717, 1.165) is 24.7 Å². The molecule has 2 heterocycles. The second-order valence-electron chi connectivity index (χ2n) is 6.42. The van der Waals surface area contributed by atoms with Crippen LogP contribution in [0.4, 0.5) is 5.95 Å². The Bertz CT molecular complexity index is 590. The van der Waals surface area contributed by atoms with Crippen LogP contribution in [0.1, 0.15) is 38.5 Å². The summed E-state index contributed by atoms with van der Waals surface area (Å²) in [4.78, 5) is 2.34. The van der Waals surface area contributed by atoms with Crippen molar-refractivity contribution < 1.29 is 0 Å². The number of hydrogen-bond acceptors (Lipinski definition) is 4. The van der Waals surface area contributed by atoms with E-state index in [1.807, 2.05) is 35.0 Å². The average Bonchev–Trinajstić information content (AvgIpc) is 3.19. The number of nitrogens with zero attached hydrogens (tertiary/aromatic N) is 5. The number of aromatic nitrogens is 4. The normalized spacial score (nSPS) is 21.0. The quantitative estimate of drug-likeness (QED) is 0.850. The minimum atomic E-state index is 0.627. The molecule has 2 aromatic rings. The fourth-order valence-corrected chi connectivity index (χ4v) is 3.92. The minimum Gasteiger partial charge on any atom is -0.339 e. The molecule has 0 atom stereocenters. The number of anilines is 1. The standard InChI is InChI=1S/C16H21N5/c1-2-6-14(7-3-1)21-15(17-18-19-21)20-12-10-16(11-13-20)8-4-5-9-16/h1-3,6-7H,4-5,8-13H2. The van der Waals surface area contributed by atoms with Crippen molar-refractivity contribution in [2.24, 2.45) is 5.41 Å². The number of hydrogen-bond donors (Lipinski definition) is 0. The molecule has 4 rings (SSSR count). The Morgan fingerprint density at radius 3 is 2.33 bits per heavy atom. The van der Waals surface area contributed by atoms with Crippen LogP contribution < -0.4 is 4.90 Å². The zero-order chi connectivity index (χ0) is 14.1. The summed E-state index contributed by atoms with van der Waals surface area (Å²) in [5, 5.41) is 12.3. The van der Waals surface area contributed by atoms with Crippen molar-refractivity contribution in [2.75, 3.05) is 18.0 Å². The van der Waals surface area contributed by atoms with E-state index in [-0.39, 0.29) is 0 Å². The van der Waals surface area contributed by atoms with Crippen molar-refractivity contribution in [3.63, 3.8) is 0 Å². The van der Waals surface area contributed by atoms with Crippen LogP contribution >= 0.6 is 0 Å². The van der Waals surface area contributed by atoms with Gasteiger partial charge in [-0.3, -0.25) is 0 Å². The van der Waals surface area contributed by atoms with Gasteiger partial charge in [-0.25, -0.2) is 0 Å². The highest BCUT2D eigenvalue weighted by atomic mass is 15.6. The van der Waals surface area contributed by atoms with E-state index < -0.39 is 0 Å². The van der Waals surface area contributed by atoms with Gasteiger partial charge in [0.1, 0.15) is 0 Å². The van der Waals surface area contributed by atoms with Gasteiger partial charge in [-0.15, -0.1) is 0 Å². The van der Waals surface area contributed by atoms with Crippen LogP contribution in [-0.2, 0) is 0 Å². The number of para-hydroxylation sites is 1. The zero-order valence-electron chi connectivity index (χ0n) is 12.3. The number of tetrazole rings is 1. The summed E-state index contributed by atoms with van der Waals surface area (Å²) in [7, 11) is 0. The van der Waals surface area contributed by atoms with Crippen LogP contribution in [0, 0.1) is 5.41 Å². The molecule has 0 N–H and O–H groups in total. The predicted octanol–water partition coefficient (Wildman–Crippen LogP) is 2.82.